The fourth-order valence-corrected chi connectivity index (χ4v) is 3.89. The van der Waals surface area contributed by atoms with Crippen LogP contribution in [0.15, 0.2) is 23.2 Å². The lowest BCUT2D eigenvalue weighted by Crippen LogP contribution is -2.41. The van der Waals surface area contributed by atoms with Gasteiger partial charge in [-0.1, -0.05) is 6.92 Å². The van der Waals surface area contributed by atoms with Gasteiger partial charge in [-0.25, -0.2) is 8.42 Å². The largest absolute Gasteiger partial charge is 0.363 e. The van der Waals surface area contributed by atoms with E-state index in [1.165, 1.54) is 10.4 Å². The van der Waals surface area contributed by atoms with Crippen LogP contribution in [0.25, 0.3) is 0 Å². The van der Waals surface area contributed by atoms with Gasteiger partial charge in [0, 0.05) is 25.2 Å². The van der Waals surface area contributed by atoms with E-state index in [1.54, 1.807) is 6.92 Å². The van der Waals surface area contributed by atoms with Crippen LogP contribution < -0.4 is 5.32 Å². The van der Waals surface area contributed by atoms with E-state index in [2.05, 4.69) is 10.3 Å². The van der Waals surface area contributed by atoms with E-state index in [0.717, 1.165) is 25.2 Å². The second-order valence-electron chi connectivity index (χ2n) is 4.46. The summed E-state index contributed by atoms with van der Waals surface area (Å²) in [5.41, 5.74) is 0. The highest BCUT2D eigenvalue weighted by Gasteiger charge is 2.33. The Bertz CT molecular complexity index is 581. The molecule has 1 atom stereocenters. The fraction of sp³-hybridized carbons (Fsp3) is 0.545. The standard InChI is InChI=1S/C11H16N4O4S/c1-2-14(9-5-6-12-7-9)20(18,19)10-3-4-11(13-8-10)15(16)17/h3-4,8-9,12H,2,5-7H2,1H3. The molecular formula is C11H16N4O4S. The molecule has 0 radical (unpaired) electrons. The molecule has 9 heteroatoms. The van der Waals surface area contributed by atoms with E-state index in [0.29, 0.717) is 13.1 Å². The summed E-state index contributed by atoms with van der Waals surface area (Å²) in [5, 5.41) is 13.7. The molecule has 0 aliphatic carbocycles. The zero-order chi connectivity index (χ0) is 14.8. The molecule has 1 aliphatic heterocycles. The Morgan fingerprint density at radius 1 is 1.55 bits per heavy atom. The van der Waals surface area contributed by atoms with Crippen LogP contribution >= 0.6 is 0 Å². The number of aromatic nitrogens is 1. The number of pyridine rings is 1. The van der Waals surface area contributed by atoms with Crippen LogP contribution in [-0.4, -0.2) is 48.3 Å². The molecule has 2 rings (SSSR count). The predicted octanol–water partition coefficient (Wildman–Crippen LogP) is 0.362. The summed E-state index contributed by atoms with van der Waals surface area (Å²) in [6, 6.07) is 2.25. The minimum atomic E-state index is -3.67. The smallest absolute Gasteiger partial charge is 0.358 e. The number of nitro groups is 1. The first-order valence-corrected chi connectivity index (χ1v) is 7.74. The minimum absolute atomic E-state index is 0.0168. The highest BCUT2D eigenvalue weighted by atomic mass is 32.2. The highest BCUT2D eigenvalue weighted by Crippen LogP contribution is 2.21. The Morgan fingerprint density at radius 2 is 2.30 bits per heavy atom. The predicted molar refractivity (Wildman–Crippen MR) is 71.7 cm³/mol. The van der Waals surface area contributed by atoms with Gasteiger partial charge in [0.2, 0.25) is 10.0 Å². The van der Waals surface area contributed by atoms with Crippen molar-refractivity contribution < 1.29 is 13.3 Å². The molecule has 2 heterocycles. The van der Waals surface area contributed by atoms with Gasteiger partial charge in [-0.15, -0.1) is 0 Å². The maximum atomic E-state index is 12.5. The van der Waals surface area contributed by atoms with Crippen LogP contribution in [0.2, 0.25) is 0 Å². The van der Waals surface area contributed by atoms with Crippen LogP contribution in [0, 0.1) is 10.1 Å². The van der Waals surface area contributed by atoms with Gasteiger partial charge in [-0.2, -0.15) is 4.31 Å². The Kier molecular flexibility index (Phi) is 4.31. The quantitative estimate of drug-likeness (QED) is 0.622. The lowest BCUT2D eigenvalue weighted by atomic mass is 10.3. The Morgan fingerprint density at radius 3 is 2.75 bits per heavy atom. The molecule has 0 aromatic carbocycles. The maximum absolute atomic E-state index is 12.5. The van der Waals surface area contributed by atoms with E-state index >= 15 is 0 Å². The van der Waals surface area contributed by atoms with Crippen LogP contribution in [-0.2, 0) is 10.0 Å². The van der Waals surface area contributed by atoms with Crippen LogP contribution in [0.3, 0.4) is 0 Å². The van der Waals surface area contributed by atoms with Crippen LogP contribution in [0.5, 0.6) is 0 Å². The van der Waals surface area contributed by atoms with Gasteiger partial charge < -0.3 is 15.4 Å². The molecule has 110 valence electrons. The van der Waals surface area contributed by atoms with Gasteiger partial charge in [-0.3, -0.25) is 0 Å². The van der Waals surface area contributed by atoms with Gasteiger partial charge in [0.25, 0.3) is 0 Å². The molecule has 0 saturated carbocycles. The van der Waals surface area contributed by atoms with Crippen LogP contribution in [0.4, 0.5) is 5.82 Å². The number of nitrogens with zero attached hydrogens (tertiary/aromatic N) is 3. The number of sulfonamides is 1. The summed E-state index contributed by atoms with van der Waals surface area (Å²) < 4.78 is 26.5. The molecule has 1 aromatic rings. The second kappa shape index (κ2) is 5.81. The zero-order valence-corrected chi connectivity index (χ0v) is 11.8. The Balaban J connectivity index is 2.30. The molecule has 0 bridgehead atoms. The van der Waals surface area contributed by atoms with E-state index in [9.17, 15) is 18.5 Å². The normalized spacial score (nSPS) is 19.4. The summed E-state index contributed by atoms with van der Waals surface area (Å²) in [6.07, 6.45) is 1.80. The summed E-state index contributed by atoms with van der Waals surface area (Å²) >= 11 is 0. The van der Waals surface area contributed by atoms with Gasteiger partial charge in [0.15, 0.2) is 6.20 Å². The summed E-state index contributed by atoms with van der Waals surface area (Å²) in [5.74, 6) is -0.366. The van der Waals surface area contributed by atoms with Gasteiger partial charge >= 0.3 is 5.82 Å². The average molecular weight is 300 g/mol. The summed E-state index contributed by atoms with van der Waals surface area (Å²) in [7, 11) is -3.67. The van der Waals surface area contributed by atoms with E-state index in [-0.39, 0.29) is 16.8 Å². The van der Waals surface area contributed by atoms with Gasteiger partial charge in [0.1, 0.15) is 4.90 Å². The van der Waals surface area contributed by atoms with Crippen molar-refractivity contribution in [3.05, 3.63) is 28.4 Å². The Labute approximate surface area is 117 Å². The van der Waals surface area contributed by atoms with Gasteiger partial charge in [-0.05, 0) is 28.9 Å². The molecule has 1 aromatic heterocycles. The van der Waals surface area contributed by atoms with Crippen LogP contribution in [0.1, 0.15) is 13.3 Å². The SMILES string of the molecule is CCN(C1CCNC1)S(=O)(=O)c1ccc([N+](=O)[O-])nc1. The number of nitrogens with one attached hydrogen (secondary N) is 1. The van der Waals surface area contributed by atoms with Crippen molar-refractivity contribution in [3.63, 3.8) is 0 Å². The number of hydrogen-bond acceptors (Lipinski definition) is 6. The number of rotatable bonds is 5. The third kappa shape index (κ3) is 2.79. The first kappa shape index (κ1) is 14.8. The molecule has 8 nitrogen and oxygen atoms in total. The molecular weight excluding hydrogens is 284 g/mol. The van der Waals surface area contributed by atoms with Crippen molar-refractivity contribution in [1.29, 1.82) is 0 Å². The third-order valence-corrected chi connectivity index (χ3v) is 5.28. The molecule has 1 N–H and O–H groups in total. The molecule has 0 spiro atoms. The third-order valence-electron chi connectivity index (χ3n) is 3.27. The van der Waals surface area contributed by atoms with E-state index in [1.807, 2.05) is 0 Å². The lowest BCUT2D eigenvalue weighted by Gasteiger charge is -2.25. The van der Waals surface area contributed by atoms with Crippen molar-refractivity contribution >= 4 is 15.8 Å². The van der Waals surface area contributed by atoms with E-state index < -0.39 is 14.9 Å². The topological polar surface area (TPSA) is 105 Å². The zero-order valence-electron chi connectivity index (χ0n) is 11.0. The maximum Gasteiger partial charge on any atom is 0.363 e. The minimum Gasteiger partial charge on any atom is -0.358 e. The lowest BCUT2D eigenvalue weighted by molar-refractivity contribution is -0.389. The number of likely N-dealkylation sites (N-methyl/N-ethyl adjacent to an activating group) is 1. The first-order valence-electron chi connectivity index (χ1n) is 6.30. The second-order valence-corrected chi connectivity index (χ2v) is 6.35. The molecule has 1 aliphatic rings. The Hall–Kier alpha value is -1.58. The number of hydrogen-bond donors (Lipinski definition) is 1. The van der Waals surface area contributed by atoms with Crippen molar-refractivity contribution in [2.24, 2.45) is 0 Å². The summed E-state index contributed by atoms with van der Waals surface area (Å²) in [6.45, 7) is 3.53. The molecule has 1 unspecified atom stereocenters. The monoisotopic (exact) mass is 300 g/mol. The first-order chi connectivity index (χ1) is 9.46. The summed E-state index contributed by atoms with van der Waals surface area (Å²) in [4.78, 5) is 13.4. The van der Waals surface area contributed by atoms with Crippen molar-refractivity contribution in [2.45, 2.75) is 24.3 Å². The van der Waals surface area contributed by atoms with Crippen molar-refractivity contribution in [3.8, 4) is 0 Å². The highest BCUT2D eigenvalue weighted by molar-refractivity contribution is 7.89. The molecule has 20 heavy (non-hydrogen) atoms. The van der Waals surface area contributed by atoms with Crippen molar-refractivity contribution in [2.75, 3.05) is 19.6 Å². The molecule has 1 saturated heterocycles. The fourth-order valence-electron chi connectivity index (χ4n) is 2.28. The van der Waals surface area contributed by atoms with Gasteiger partial charge in [0.05, 0.1) is 0 Å². The van der Waals surface area contributed by atoms with E-state index in [4.69, 9.17) is 0 Å². The molecule has 1 fully saturated rings. The van der Waals surface area contributed by atoms with Crippen molar-refractivity contribution in [1.82, 2.24) is 14.6 Å². The average Bonchev–Trinajstić information content (AvgIpc) is 2.93. The molecule has 0 amide bonds.